The summed E-state index contributed by atoms with van der Waals surface area (Å²) in [5.41, 5.74) is 2.25. The maximum atomic E-state index is 11.9. The van der Waals surface area contributed by atoms with Gasteiger partial charge in [-0.25, -0.2) is 5.01 Å². The molecule has 7 heteroatoms. The van der Waals surface area contributed by atoms with Gasteiger partial charge in [-0.15, -0.1) is 0 Å². The maximum Gasteiger partial charge on any atom is 0.219 e. The van der Waals surface area contributed by atoms with Gasteiger partial charge >= 0.3 is 0 Å². The summed E-state index contributed by atoms with van der Waals surface area (Å²) in [5.74, 6) is 1.79. The summed E-state index contributed by atoms with van der Waals surface area (Å²) in [5, 5.41) is 17.0. The predicted molar refractivity (Wildman–Crippen MR) is 112 cm³/mol. The Balaban J connectivity index is 1.58. The number of carbonyl (C=O) groups excluding carboxylic acids is 1. The number of hydrogen-bond donors (Lipinski definition) is 1. The number of methoxy groups -OCH3 is 1. The van der Waals surface area contributed by atoms with E-state index >= 15 is 0 Å². The van der Waals surface area contributed by atoms with Crippen LogP contribution >= 0.6 is 0 Å². The van der Waals surface area contributed by atoms with Crippen molar-refractivity contribution >= 4 is 11.6 Å². The normalized spacial score (nSPS) is 21.5. The number of nitrogens with zero attached hydrogens (tertiary/aromatic N) is 3. The SMILES string of the molecule is COc1cccc2c1OC1(CCN(C(C)=O)CC1)N1N=C(c3cccc(O)c3)C[C@H]21. The van der Waals surface area contributed by atoms with E-state index < -0.39 is 5.72 Å². The second-order valence-corrected chi connectivity index (χ2v) is 8.09. The van der Waals surface area contributed by atoms with Crippen molar-refractivity contribution in [1.29, 1.82) is 0 Å². The quantitative estimate of drug-likeness (QED) is 0.827. The molecule has 0 aliphatic carbocycles. The molecule has 156 valence electrons. The summed E-state index contributed by atoms with van der Waals surface area (Å²) in [7, 11) is 1.65. The van der Waals surface area contributed by atoms with Crippen molar-refractivity contribution in [2.75, 3.05) is 20.2 Å². The zero-order valence-electron chi connectivity index (χ0n) is 17.2. The van der Waals surface area contributed by atoms with E-state index in [0.29, 0.717) is 38.1 Å². The third-order valence-corrected chi connectivity index (χ3v) is 6.38. The Morgan fingerprint density at radius 1 is 1.23 bits per heavy atom. The minimum Gasteiger partial charge on any atom is -0.508 e. The van der Waals surface area contributed by atoms with Gasteiger partial charge in [0.1, 0.15) is 5.75 Å². The number of carbonyl (C=O) groups is 1. The van der Waals surface area contributed by atoms with E-state index in [1.165, 1.54) is 0 Å². The minimum absolute atomic E-state index is 0.0186. The Labute approximate surface area is 175 Å². The van der Waals surface area contributed by atoms with Crippen LogP contribution in [0.25, 0.3) is 0 Å². The zero-order valence-corrected chi connectivity index (χ0v) is 17.2. The Morgan fingerprint density at radius 2 is 2.00 bits per heavy atom. The van der Waals surface area contributed by atoms with Crippen LogP contribution in [0.4, 0.5) is 0 Å². The molecule has 7 nitrogen and oxygen atoms in total. The number of rotatable bonds is 2. The van der Waals surface area contributed by atoms with Crippen LogP contribution in [0.15, 0.2) is 47.6 Å². The summed E-state index contributed by atoms with van der Waals surface area (Å²) >= 11 is 0. The Kier molecular flexibility index (Phi) is 4.34. The summed E-state index contributed by atoms with van der Waals surface area (Å²) in [4.78, 5) is 13.7. The van der Waals surface area contributed by atoms with Crippen LogP contribution in [0.3, 0.4) is 0 Å². The van der Waals surface area contributed by atoms with E-state index in [2.05, 4.69) is 11.1 Å². The molecule has 0 aromatic heterocycles. The van der Waals surface area contributed by atoms with Crippen LogP contribution in [-0.2, 0) is 4.79 Å². The molecule has 2 aromatic rings. The van der Waals surface area contributed by atoms with Crippen LogP contribution in [0, 0.1) is 0 Å². The molecule has 1 spiro atoms. The molecule has 2 aromatic carbocycles. The number of hydrazone groups is 1. The number of likely N-dealkylation sites (tertiary alicyclic amines) is 1. The first kappa shape index (κ1) is 18.8. The van der Waals surface area contributed by atoms with Crippen molar-refractivity contribution in [2.45, 2.75) is 38.0 Å². The first-order valence-electron chi connectivity index (χ1n) is 10.3. The summed E-state index contributed by atoms with van der Waals surface area (Å²) in [6.45, 7) is 2.86. The Hall–Kier alpha value is -3.22. The Morgan fingerprint density at radius 3 is 2.70 bits per heavy atom. The van der Waals surface area contributed by atoms with Gasteiger partial charge in [-0.1, -0.05) is 24.3 Å². The number of piperidine rings is 1. The van der Waals surface area contributed by atoms with Gasteiger partial charge < -0.3 is 19.5 Å². The number of hydrogen-bond acceptors (Lipinski definition) is 6. The van der Waals surface area contributed by atoms with E-state index in [4.69, 9.17) is 14.6 Å². The van der Waals surface area contributed by atoms with E-state index in [-0.39, 0.29) is 17.7 Å². The molecule has 30 heavy (non-hydrogen) atoms. The molecule has 1 atom stereocenters. The molecule has 0 radical (unpaired) electrons. The summed E-state index contributed by atoms with van der Waals surface area (Å²) < 4.78 is 12.2. The van der Waals surface area contributed by atoms with Gasteiger partial charge in [0.25, 0.3) is 0 Å². The standard InChI is InChI=1S/C23H25N3O4/c1-15(27)25-11-9-23(10-12-25)26-20(18-7-4-8-21(29-2)22(18)30-23)14-19(24-26)16-5-3-6-17(28)13-16/h3-8,13,20,28H,9-12,14H2,1-2H3/t20-/m1/s1. The molecule has 3 aliphatic heterocycles. The van der Waals surface area contributed by atoms with Gasteiger partial charge in [-0.2, -0.15) is 5.10 Å². The van der Waals surface area contributed by atoms with E-state index in [1.54, 1.807) is 26.2 Å². The molecule has 1 fully saturated rings. The molecular formula is C23H25N3O4. The summed E-state index contributed by atoms with van der Waals surface area (Å²) in [6, 6.07) is 13.2. The molecule has 1 amide bonds. The Bertz CT molecular complexity index is 1030. The highest BCUT2D eigenvalue weighted by atomic mass is 16.5. The van der Waals surface area contributed by atoms with Crippen molar-refractivity contribution in [3.05, 3.63) is 53.6 Å². The highest BCUT2D eigenvalue weighted by Crippen LogP contribution is 2.52. The molecule has 3 aliphatic rings. The van der Waals surface area contributed by atoms with Crippen LogP contribution in [0.5, 0.6) is 17.2 Å². The van der Waals surface area contributed by atoms with Crippen LogP contribution in [0.2, 0.25) is 0 Å². The van der Waals surface area contributed by atoms with Crippen LogP contribution < -0.4 is 9.47 Å². The first-order valence-corrected chi connectivity index (χ1v) is 10.3. The smallest absolute Gasteiger partial charge is 0.219 e. The van der Waals surface area contributed by atoms with Crippen molar-refractivity contribution in [3.63, 3.8) is 0 Å². The largest absolute Gasteiger partial charge is 0.508 e. The number of fused-ring (bicyclic) bond motifs is 4. The molecule has 5 rings (SSSR count). The highest BCUT2D eigenvalue weighted by molar-refractivity contribution is 6.02. The topological polar surface area (TPSA) is 74.6 Å². The monoisotopic (exact) mass is 407 g/mol. The van der Waals surface area contributed by atoms with Gasteiger partial charge in [0.2, 0.25) is 11.6 Å². The van der Waals surface area contributed by atoms with Crippen molar-refractivity contribution in [1.82, 2.24) is 9.91 Å². The fraction of sp³-hybridized carbons (Fsp3) is 0.391. The van der Waals surface area contributed by atoms with Gasteiger partial charge in [0.05, 0.1) is 18.9 Å². The van der Waals surface area contributed by atoms with Gasteiger partial charge in [0, 0.05) is 50.4 Å². The molecule has 1 N–H and O–H groups in total. The number of aromatic hydroxyl groups is 1. The van der Waals surface area contributed by atoms with E-state index in [9.17, 15) is 9.90 Å². The number of amides is 1. The maximum absolute atomic E-state index is 11.9. The van der Waals surface area contributed by atoms with Gasteiger partial charge in [0.15, 0.2) is 11.5 Å². The molecular weight excluding hydrogens is 382 g/mol. The van der Waals surface area contributed by atoms with Crippen LogP contribution in [-0.4, -0.2) is 52.6 Å². The predicted octanol–water partition coefficient (Wildman–Crippen LogP) is 3.28. The molecule has 0 saturated carbocycles. The van der Waals surface area contributed by atoms with Gasteiger partial charge in [-0.3, -0.25) is 4.79 Å². The van der Waals surface area contributed by atoms with E-state index in [1.807, 2.05) is 29.2 Å². The van der Waals surface area contributed by atoms with Crippen molar-refractivity contribution < 1.29 is 19.4 Å². The van der Waals surface area contributed by atoms with Crippen LogP contribution in [0.1, 0.15) is 43.4 Å². The van der Waals surface area contributed by atoms with Gasteiger partial charge in [-0.05, 0) is 18.2 Å². The minimum atomic E-state index is -0.628. The highest BCUT2D eigenvalue weighted by Gasteiger charge is 2.52. The molecule has 0 bridgehead atoms. The third-order valence-electron chi connectivity index (χ3n) is 6.38. The second kappa shape index (κ2) is 6.93. The van der Waals surface area contributed by atoms with Crippen molar-refractivity contribution in [3.8, 4) is 17.2 Å². The number of benzene rings is 2. The molecule has 0 unspecified atom stereocenters. The third kappa shape index (κ3) is 2.88. The lowest BCUT2D eigenvalue weighted by Gasteiger charge is -2.51. The lowest BCUT2D eigenvalue weighted by atomic mass is 9.90. The average molecular weight is 407 g/mol. The number of para-hydroxylation sites is 1. The zero-order chi connectivity index (χ0) is 20.9. The lowest BCUT2D eigenvalue weighted by molar-refractivity contribution is -0.159. The van der Waals surface area contributed by atoms with E-state index in [0.717, 1.165) is 22.6 Å². The number of ether oxygens (including phenoxy) is 2. The average Bonchev–Trinajstić information content (AvgIpc) is 3.21. The fourth-order valence-electron chi connectivity index (χ4n) is 4.79. The molecule has 3 heterocycles. The lowest BCUT2D eigenvalue weighted by Crippen LogP contribution is -2.59. The first-order chi connectivity index (χ1) is 14.5. The second-order valence-electron chi connectivity index (χ2n) is 8.09. The number of phenolic OH excluding ortho intramolecular Hbond substituents is 1. The molecule has 1 saturated heterocycles. The number of phenols is 1. The fourth-order valence-corrected chi connectivity index (χ4v) is 4.79. The summed E-state index contributed by atoms with van der Waals surface area (Å²) in [6.07, 6.45) is 2.04. The van der Waals surface area contributed by atoms with Crippen molar-refractivity contribution in [2.24, 2.45) is 5.10 Å².